The van der Waals surface area contributed by atoms with Gasteiger partial charge in [0, 0.05) is 19.4 Å². The van der Waals surface area contributed by atoms with Gasteiger partial charge in [0.05, 0.1) is 29.5 Å². The molecule has 0 radical (unpaired) electrons. The molecule has 4 nitrogen and oxygen atoms in total. The summed E-state index contributed by atoms with van der Waals surface area (Å²) in [5.74, 6) is 1.58. The van der Waals surface area contributed by atoms with Crippen LogP contribution >= 0.6 is 22.9 Å². The third-order valence-electron chi connectivity index (χ3n) is 1.38. The van der Waals surface area contributed by atoms with Gasteiger partial charge in [0.15, 0.2) is 0 Å². The third-order valence-corrected chi connectivity index (χ3v) is 1.94. The number of methoxy groups -OCH3 is 1. The van der Waals surface area contributed by atoms with Gasteiger partial charge in [-0.2, -0.15) is 0 Å². The maximum absolute atomic E-state index is 5.38. The van der Waals surface area contributed by atoms with Crippen LogP contribution in [0, 0.1) is 0 Å². The zero-order valence-corrected chi connectivity index (χ0v) is 9.45. The SMILES string of the molecule is COCCOc1ccnc(NI)c1. The van der Waals surface area contributed by atoms with Crippen molar-refractivity contribution in [3.8, 4) is 5.75 Å². The molecule has 0 bridgehead atoms. The van der Waals surface area contributed by atoms with E-state index in [0.29, 0.717) is 13.2 Å². The van der Waals surface area contributed by atoms with E-state index in [1.54, 1.807) is 13.3 Å². The van der Waals surface area contributed by atoms with E-state index in [2.05, 4.69) is 8.51 Å². The molecule has 0 amide bonds. The van der Waals surface area contributed by atoms with Crippen LogP contribution in [0.1, 0.15) is 0 Å². The number of anilines is 1. The summed E-state index contributed by atoms with van der Waals surface area (Å²) in [4.78, 5) is 4.06. The average Bonchev–Trinajstić information content (AvgIpc) is 2.19. The maximum atomic E-state index is 5.38. The Morgan fingerprint density at radius 1 is 1.54 bits per heavy atom. The highest BCUT2D eigenvalue weighted by Gasteiger charge is 1.95. The van der Waals surface area contributed by atoms with Crippen molar-refractivity contribution in [2.45, 2.75) is 0 Å². The number of nitrogens with zero attached hydrogens (tertiary/aromatic N) is 1. The standard InChI is InChI=1S/C8H11IN2O2/c1-12-4-5-13-7-2-3-10-8(6-7)11-9/h2-3,6H,4-5H2,1H3,(H,10,11). The molecule has 0 aromatic carbocycles. The Kier molecular flexibility index (Phi) is 4.84. The van der Waals surface area contributed by atoms with E-state index in [1.807, 2.05) is 35.0 Å². The summed E-state index contributed by atoms with van der Waals surface area (Å²) in [6.07, 6.45) is 1.70. The van der Waals surface area contributed by atoms with E-state index < -0.39 is 0 Å². The Hall–Kier alpha value is -0.560. The first-order valence-electron chi connectivity index (χ1n) is 3.81. The van der Waals surface area contributed by atoms with E-state index >= 15 is 0 Å². The van der Waals surface area contributed by atoms with Gasteiger partial charge in [0.25, 0.3) is 0 Å². The second-order valence-electron chi connectivity index (χ2n) is 2.31. The van der Waals surface area contributed by atoms with Crippen LogP contribution in [0.3, 0.4) is 0 Å². The number of hydrogen-bond acceptors (Lipinski definition) is 4. The highest BCUT2D eigenvalue weighted by Crippen LogP contribution is 2.15. The van der Waals surface area contributed by atoms with Crippen molar-refractivity contribution in [3.05, 3.63) is 18.3 Å². The average molecular weight is 294 g/mol. The summed E-state index contributed by atoms with van der Waals surface area (Å²) in [5.41, 5.74) is 0. The number of rotatable bonds is 5. The number of pyridine rings is 1. The minimum Gasteiger partial charge on any atom is -0.491 e. The molecule has 5 heteroatoms. The van der Waals surface area contributed by atoms with Crippen molar-refractivity contribution in [2.24, 2.45) is 0 Å². The molecule has 72 valence electrons. The molecule has 0 aliphatic heterocycles. The molecule has 0 fully saturated rings. The lowest BCUT2D eigenvalue weighted by molar-refractivity contribution is 0.146. The molecule has 1 N–H and O–H groups in total. The first-order valence-corrected chi connectivity index (χ1v) is 4.89. The molecule has 0 atom stereocenters. The van der Waals surface area contributed by atoms with Crippen LogP contribution in [-0.4, -0.2) is 25.3 Å². The maximum Gasteiger partial charge on any atom is 0.138 e. The molecule has 1 rings (SSSR count). The van der Waals surface area contributed by atoms with Crippen LogP contribution in [0.4, 0.5) is 5.82 Å². The predicted octanol–water partition coefficient (Wildman–Crippen LogP) is 1.87. The molecule has 1 heterocycles. The topological polar surface area (TPSA) is 43.4 Å². The quantitative estimate of drug-likeness (QED) is 0.511. The Balaban J connectivity index is 2.46. The molecule has 13 heavy (non-hydrogen) atoms. The highest BCUT2D eigenvalue weighted by atomic mass is 127. The van der Waals surface area contributed by atoms with E-state index in [1.165, 1.54) is 0 Å². The van der Waals surface area contributed by atoms with Crippen molar-refractivity contribution in [1.29, 1.82) is 0 Å². The number of halogens is 1. The minimum atomic E-state index is 0.557. The fourth-order valence-corrected chi connectivity index (χ4v) is 1.09. The highest BCUT2D eigenvalue weighted by molar-refractivity contribution is 14.1. The Morgan fingerprint density at radius 3 is 3.08 bits per heavy atom. The van der Waals surface area contributed by atoms with Crippen LogP contribution in [0.2, 0.25) is 0 Å². The molecule has 1 aromatic heterocycles. The van der Waals surface area contributed by atoms with E-state index in [4.69, 9.17) is 9.47 Å². The second-order valence-corrected chi connectivity index (χ2v) is 2.85. The molecule has 0 aliphatic carbocycles. The van der Waals surface area contributed by atoms with Crippen molar-refractivity contribution >= 4 is 28.7 Å². The summed E-state index contributed by atoms with van der Waals surface area (Å²) >= 11 is 2.02. The monoisotopic (exact) mass is 294 g/mol. The molecular formula is C8H11IN2O2. The van der Waals surface area contributed by atoms with Gasteiger partial charge < -0.3 is 13.0 Å². The summed E-state index contributed by atoms with van der Waals surface area (Å²) < 4.78 is 13.1. The van der Waals surface area contributed by atoms with Crippen LogP contribution in [0.5, 0.6) is 5.75 Å². The van der Waals surface area contributed by atoms with E-state index in [-0.39, 0.29) is 0 Å². The lowest BCUT2D eigenvalue weighted by Gasteiger charge is -2.05. The first kappa shape index (κ1) is 10.5. The van der Waals surface area contributed by atoms with Gasteiger partial charge in [-0.05, 0) is 6.07 Å². The summed E-state index contributed by atoms with van der Waals surface area (Å²) in [6.45, 7) is 1.15. The number of nitrogens with one attached hydrogen (secondary N) is 1. The molecule has 0 saturated heterocycles. The van der Waals surface area contributed by atoms with Gasteiger partial charge >= 0.3 is 0 Å². The number of aromatic nitrogens is 1. The minimum absolute atomic E-state index is 0.557. The fraction of sp³-hybridized carbons (Fsp3) is 0.375. The van der Waals surface area contributed by atoms with Crippen LogP contribution in [0.25, 0.3) is 0 Å². The molecular weight excluding hydrogens is 283 g/mol. The zero-order chi connectivity index (χ0) is 9.52. The largest absolute Gasteiger partial charge is 0.491 e. The summed E-state index contributed by atoms with van der Waals surface area (Å²) in [5, 5.41) is 0. The Bertz CT molecular complexity index is 258. The number of hydrogen-bond donors (Lipinski definition) is 1. The molecule has 0 aliphatic rings. The van der Waals surface area contributed by atoms with E-state index in [0.717, 1.165) is 11.6 Å². The van der Waals surface area contributed by atoms with Gasteiger partial charge in [-0.25, -0.2) is 4.98 Å². The van der Waals surface area contributed by atoms with Gasteiger partial charge in [-0.1, -0.05) is 0 Å². The zero-order valence-electron chi connectivity index (χ0n) is 7.29. The van der Waals surface area contributed by atoms with Crippen molar-refractivity contribution < 1.29 is 9.47 Å². The molecule has 0 saturated carbocycles. The van der Waals surface area contributed by atoms with Gasteiger partial charge in [0.2, 0.25) is 0 Å². The number of ether oxygens (including phenoxy) is 2. The van der Waals surface area contributed by atoms with Crippen molar-refractivity contribution in [3.63, 3.8) is 0 Å². The van der Waals surface area contributed by atoms with Gasteiger partial charge in [-0.15, -0.1) is 0 Å². The Labute approximate surface area is 91.1 Å². The summed E-state index contributed by atoms with van der Waals surface area (Å²) in [6, 6.07) is 3.65. The second kappa shape index (κ2) is 5.98. The lowest BCUT2D eigenvalue weighted by Crippen LogP contribution is -2.04. The lowest BCUT2D eigenvalue weighted by atomic mass is 10.4. The molecule has 0 spiro atoms. The molecule has 1 aromatic rings. The van der Waals surface area contributed by atoms with Crippen molar-refractivity contribution in [1.82, 2.24) is 4.98 Å². The normalized spacial score (nSPS) is 9.69. The van der Waals surface area contributed by atoms with Gasteiger partial charge in [-0.3, -0.25) is 0 Å². The smallest absolute Gasteiger partial charge is 0.138 e. The van der Waals surface area contributed by atoms with Gasteiger partial charge in [0.1, 0.15) is 18.2 Å². The van der Waals surface area contributed by atoms with Crippen LogP contribution in [-0.2, 0) is 4.74 Å². The Morgan fingerprint density at radius 2 is 2.38 bits per heavy atom. The first-order chi connectivity index (χ1) is 6.36. The van der Waals surface area contributed by atoms with E-state index in [9.17, 15) is 0 Å². The fourth-order valence-electron chi connectivity index (χ4n) is 0.795. The molecule has 0 unspecified atom stereocenters. The third kappa shape index (κ3) is 3.77. The van der Waals surface area contributed by atoms with Crippen LogP contribution < -0.4 is 8.27 Å². The summed E-state index contributed by atoms with van der Waals surface area (Å²) in [7, 11) is 1.65. The van der Waals surface area contributed by atoms with Crippen LogP contribution in [0.15, 0.2) is 18.3 Å². The predicted molar refractivity (Wildman–Crippen MR) is 59.3 cm³/mol. The van der Waals surface area contributed by atoms with Crippen molar-refractivity contribution in [2.75, 3.05) is 23.9 Å².